The Labute approximate surface area is 124 Å². The molecule has 0 saturated carbocycles. The molecule has 0 spiro atoms. The number of rotatable bonds is 1. The summed E-state index contributed by atoms with van der Waals surface area (Å²) in [6.07, 6.45) is 0. The smallest absolute Gasteiger partial charge is 0.140 e. The van der Waals surface area contributed by atoms with E-state index >= 15 is 0 Å². The molecular formula is C13H8Cl3N3. The lowest BCUT2D eigenvalue weighted by atomic mass is 10.2. The Morgan fingerprint density at radius 1 is 1.00 bits per heavy atom. The number of halogens is 3. The van der Waals surface area contributed by atoms with Crippen molar-refractivity contribution in [3.05, 3.63) is 45.4 Å². The highest BCUT2D eigenvalue weighted by molar-refractivity contribution is 6.38. The number of nitrogen functional groups attached to an aromatic ring is 1. The van der Waals surface area contributed by atoms with E-state index in [0.717, 1.165) is 11.1 Å². The van der Waals surface area contributed by atoms with Gasteiger partial charge in [0.05, 0.1) is 15.6 Å². The predicted molar refractivity (Wildman–Crippen MR) is 81.0 cm³/mol. The molecule has 3 nitrogen and oxygen atoms in total. The van der Waals surface area contributed by atoms with Gasteiger partial charge in [-0.2, -0.15) is 0 Å². The maximum atomic E-state index is 6.16. The lowest BCUT2D eigenvalue weighted by Gasteiger charge is -2.01. The molecule has 0 radical (unpaired) electrons. The van der Waals surface area contributed by atoms with Gasteiger partial charge in [0.1, 0.15) is 11.3 Å². The standard InChI is InChI=1S/C13H8Cl3N3/c14-6-3-10(16)12-11(4-6)18-13(19-12)8-2-1-7(17)5-9(8)15/h1-5H,17H2,(H,18,19). The fourth-order valence-electron chi connectivity index (χ4n) is 1.89. The number of nitrogens with zero attached hydrogens (tertiary/aromatic N) is 1. The van der Waals surface area contributed by atoms with Crippen LogP contribution in [0.2, 0.25) is 15.1 Å². The summed E-state index contributed by atoms with van der Waals surface area (Å²) in [5, 5.41) is 1.58. The maximum Gasteiger partial charge on any atom is 0.140 e. The van der Waals surface area contributed by atoms with Gasteiger partial charge in [-0.15, -0.1) is 0 Å². The Morgan fingerprint density at radius 2 is 1.79 bits per heavy atom. The molecule has 0 amide bonds. The third kappa shape index (κ3) is 2.25. The fraction of sp³-hybridized carbons (Fsp3) is 0. The minimum atomic E-state index is 0.497. The van der Waals surface area contributed by atoms with Crippen LogP contribution in [0.25, 0.3) is 22.4 Å². The van der Waals surface area contributed by atoms with Crippen molar-refractivity contribution in [2.75, 3.05) is 5.73 Å². The normalized spacial score (nSPS) is 11.1. The molecule has 1 aromatic heterocycles. The minimum Gasteiger partial charge on any atom is -0.399 e. The molecular weight excluding hydrogens is 305 g/mol. The summed E-state index contributed by atoms with van der Waals surface area (Å²) in [5.41, 5.74) is 8.46. The number of nitrogens with two attached hydrogens (primary N) is 1. The van der Waals surface area contributed by atoms with E-state index in [-0.39, 0.29) is 0 Å². The number of aromatic amines is 1. The summed E-state index contributed by atoms with van der Waals surface area (Å²) >= 11 is 18.2. The van der Waals surface area contributed by atoms with E-state index in [1.54, 1.807) is 24.3 Å². The van der Waals surface area contributed by atoms with E-state index in [4.69, 9.17) is 40.5 Å². The van der Waals surface area contributed by atoms with E-state index < -0.39 is 0 Å². The van der Waals surface area contributed by atoms with Gasteiger partial charge in [-0.3, -0.25) is 0 Å². The Kier molecular flexibility index (Phi) is 3.05. The van der Waals surface area contributed by atoms with Crippen molar-refractivity contribution in [3.8, 4) is 11.4 Å². The Balaban J connectivity index is 2.23. The van der Waals surface area contributed by atoms with Crippen LogP contribution in [-0.4, -0.2) is 9.97 Å². The topological polar surface area (TPSA) is 54.7 Å². The number of benzene rings is 2. The van der Waals surface area contributed by atoms with Gasteiger partial charge >= 0.3 is 0 Å². The van der Waals surface area contributed by atoms with E-state index in [1.807, 2.05) is 6.07 Å². The molecule has 0 bridgehead atoms. The number of imidazole rings is 1. The van der Waals surface area contributed by atoms with E-state index in [1.165, 1.54) is 0 Å². The summed E-state index contributed by atoms with van der Waals surface area (Å²) in [6.45, 7) is 0. The molecule has 3 N–H and O–H groups in total. The Hall–Kier alpha value is -1.42. The SMILES string of the molecule is Nc1ccc(-c2nc3c(Cl)cc(Cl)cc3[nH]2)c(Cl)c1. The number of fused-ring (bicyclic) bond motifs is 1. The Morgan fingerprint density at radius 3 is 2.53 bits per heavy atom. The van der Waals surface area contributed by atoms with E-state index in [9.17, 15) is 0 Å². The highest BCUT2D eigenvalue weighted by Crippen LogP contribution is 2.32. The van der Waals surface area contributed by atoms with Gasteiger partial charge < -0.3 is 10.7 Å². The predicted octanol–water partition coefficient (Wildman–Crippen LogP) is 4.77. The zero-order valence-corrected chi connectivity index (χ0v) is 11.8. The van der Waals surface area contributed by atoms with Crippen molar-refractivity contribution in [1.29, 1.82) is 0 Å². The zero-order valence-electron chi connectivity index (χ0n) is 9.55. The molecule has 19 heavy (non-hydrogen) atoms. The van der Waals surface area contributed by atoms with Crippen LogP contribution < -0.4 is 5.73 Å². The van der Waals surface area contributed by atoms with Crippen LogP contribution in [0.3, 0.4) is 0 Å². The molecule has 0 saturated heterocycles. The maximum absolute atomic E-state index is 6.16. The molecule has 0 aliphatic rings. The van der Waals surface area contributed by atoms with Crippen molar-refractivity contribution in [1.82, 2.24) is 9.97 Å². The molecule has 0 aliphatic carbocycles. The molecule has 0 atom stereocenters. The Bertz CT molecular complexity index is 780. The number of hydrogen-bond acceptors (Lipinski definition) is 2. The van der Waals surface area contributed by atoms with Gasteiger partial charge in [-0.1, -0.05) is 34.8 Å². The van der Waals surface area contributed by atoms with Crippen molar-refractivity contribution < 1.29 is 0 Å². The molecule has 3 rings (SSSR count). The summed E-state index contributed by atoms with van der Waals surface area (Å²) in [5.74, 6) is 0.629. The third-order valence-corrected chi connectivity index (χ3v) is 3.57. The first kappa shape index (κ1) is 12.6. The number of anilines is 1. The molecule has 3 aromatic rings. The van der Waals surface area contributed by atoms with Gasteiger partial charge in [0.2, 0.25) is 0 Å². The summed E-state index contributed by atoms with van der Waals surface area (Å²) < 4.78 is 0. The molecule has 0 unspecified atom stereocenters. The molecule has 0 aliphatic heterocycles. The monoisotopic (exact) mass is 311 g/mol. The van der Waals surface area contributed by atoms with Gasteiger partial charge in [-0.05, 0) is 30.3 Å². The van der Waals surface area contributed by atoms with Gasteiger partial charge in [-0.25, -0.2) is 4.98 Å². The van der Waals surface area contributed by atoms with E-state index in [0.29, 0.717) is 32.1 Å². The van der Waals surface area contributed by atoms with Crippen LogP contribution in [0, 0.1) is 0 Å². The first-order valence-corrected chi connectivity index (χ1v) is 6.58. The largest absolute Gasteiger partial charge is 0.399 e. The second kappa shape index (κ2) is 4.60. The number of hydrogen-bond donors (Lipinski definition) is 2. The first-order chi connectivity index (χ1) is 9.04. The molecule has 6 heteroatoms. The molecule has 2 aromatic carbocycles. The van der Waals surface area contributed by atoms with Crippen LogP contribution >= 0.6 is 34.8 Å². The average Bonchev–Trinajstić information content (AvgIpc) is 2.72. The summed E-state index contributed by atoms with van der Waals surface area (Å²) in [7, 11) is 0. The van der Waals surface area contributed by atoms with Crippen molar-refractivity contribution in [2.45, 2.75) is 0 Å². The second-order valence-corrected chi connectivity index (χ2v) is 5.36. The lowest BCUT2D eigenvalue weighted by Crippen LogP contribution is -1.87. The fourth-order valence-corrected chi connectivity index (χ4v) is 2.71. The highest BCUT2D eigenvalue weighted by atomic mass is 35.5. The van der Waals surface area contributed by atoms with Crippen LogP contribution in [0.1, 0.15) is 0 Å². The first-order valence-electron chi connectivity index (χ1n) is 5.45. The highest BCUT2D eigenvalue weighted by Gasteiger charge is 2.12. The number of aromatic nitrogens is 2. The lowest BCUT2D eigenvalue weighted by molar-refractivity contribution is 1.34. The van der Waals surface area contributed by atoms with Crippen LogP contribution in [0.4, 0.5) is 5.69 Å². The summed E-state index contributed by atoms with van der Waals surface area (Å²) in [4.78, 5) is 7.59. The molecule has 1 heterocycles. The van der Waals surface area contributed by atoms with Crippen LogP contribution in [0.5, 0.6) is 0 Å². The molecule has 96 valence electrons. The van der Waals surface area contributed by atoms with Crippen molar-refractivity contribution >= 4 is 51.5 Å². The number of nitrogens with one attached hydrogen (secondary N) is 1. The third-order valence-electron chi connectivity index (χ3n) is 2.75. The van der Waals surface area contributed by atoms with Crippen LogP contribution in [0.15, 0.2) is 30.3 Å². The van der Waals surface area contributed by atoms with Crippen molar-refractivity contribution in [3.63, 3.8) is 0 Å². The second-order valence-electron chi connectivity index (χ2n) is 4.11. The van der Waals surface area contributed by atoms with Gasteiger partial charge in [0, 0.05) is 16.3 Å². The van der Waals surface area contributed by atoms with Crippen LogP contribution in [-0.2, 0) is 0 Å². The summed E-state index contributed by atoms with van der Waals surface area (Å²) in [6, 6.07) is 8.68. The van der Waals surface area contributed by atoms with Crippen molar-refractivity contribution in [2.24, 2.45) is 0 Å². The van der Waals surface area contributed by atoms with Gasteiger partial charge in [0.15, 0.2) is 0 Å². The number of H-pyrrole nitrogens is 1. The van der Waals surface area contributed by atoms with Gasteiger partial charge in [0.25, 0.3) is 0 Å². The average molecular weight is 313 g/mol. The zero-order chi connectivity index (χ0) is 13.6. The quantitative estimate of drug-likeness (QED) is 0.636. The van der Waals surface area contributed by atoms with E-state index in [2.05, 4.69) is 9.97 Å². The minimum absolute atomic E-state index is 0.497. The molecule has 0 fully saturated rings.